The summed E-state index contributed by atoms with van der Waals surface area (Å²) in [5.74, 6) is 0.0746. The van der Waals surface area contributed by atoms with Crippen molar-refractivity contribution in [2.45, 2.75) is 66.7 Å². The van der Waals surface area contributed by atoms with Crippen LogP contribution in [-0.4, -0.2) is 5.60 Å². The smallest absolute Gasteiger partial charge is 0.170 e. The molecule has 0 saturated heterocycles. The molecule has 0 unspecified atom stereocenters. The third-order valence-corrected chi connectivity index (χ3v) is 8.46. The second-order valence-corrected chi connectivity index (χ2v) is 10.5. The molecule has 160 valence electrons. The van der Waals surface area contributed by atoms with Crippen LogP contribution >= 0.6 is 0 Å². The zero-order valence-electron chi connectivity index (χ0n) is 18.5. The number of ether oxygens (including phenoxy) is 1. The molecular formula is C28H30FOS+. The average molecular weight is 434 g/mol. The quantitative estimate of drug-likeness (QED) is 0.283. The van der Waals surface area contributed by atoms with E-state index in [1.54, 1.807) is 6.07 Å². The van der Waals surface area contributed by atoms with Crippen LogP contribution in [0.5, 0.6) is 5.75 Å². The van der Waals surface area contributed by atoms with Crippen molar-refractivity contribution in [3.8, 4) is 5.75 Å². The Morgan fingerprint density at radius 2 is 1.32 bits per heavy atom. The third kappa shape index (κ3) is 4.57. The average Bonchev–Trinajstić information content (AvgIpc) is 3.26. The largest absolute Gasteiger partial charge is 0.480 e. The molecule has 0 radical (unpaired) electrons. The lowest BCUT2D eigenvalue weighted by atomic mass is 9.89. The first-order chi connectivity index (χ1) is 15.0. The van der Waals surface area contributed by atoms with E-state index in [2.05, 4.69) is 69.3 Å². The van der Waals surface area contributed by atoms with E-state index in [9.17, 15) is 4.39 Å². The molecule has 0 atom stereocenters. The van der Waals surface area contributed by atoms with Crippen molar-refractivity contribution in [1.29, 1.82) is 0 Å². The number of rotatable bonds is 6. The molecule has 1 aliphatic carbocycles. The normalized spacial score (nSPS) is 15.1. The van der Waals surface area contributed by atoms with E-state index in [1.807, 2.05) is 24.3 Å². The van der Waals surface area contributed by atoms with Gasteiger partial charge >= 0.3 is 0 Å². The van der Waals surface area contributed by atoms with Gasteiger partial charge in [-0.05, 0) is 88.4 Å². The Balaban J connectivity index is 1.78. The van der Waals surface area contributed by atoms with E-state index >= 15 is 0 Å². The standard InChI is InChI=1S/C28H30FOS/c1-21(2)22(3)28(18-10-11-19-28)30-27-20-25(16-17-26(27)29)31(23-12-6-4-7-13-23)24-14-8-5-9-15-24/h4-9,12-17,20H,10-11,18-19H2,1-3H3/q+1. The summed E-state index contributed by atoms with van der Waals surface area (Å²) in [6.45, 7) is 6.38. The van der Waals surface area contributed by atoms with Crippen LogP contribution in [0.4, 0.5) is 4.39 Å². The van der Waals surface area contributed by atoms with E-state index in [0.29, 0.717) is 5.75 Å². The Morgan fingerprint density at radius 3 is 1.84 bits per heavy atom. The zero-order chi connectivity index (χ0) is 21.8. The molecule has 0 bridgehead atoms. The van der Waals surface area contributed by atoms with Crippen molar-refractivity contribution < 1.29 is 9.13 Å². The van der Waals surface area contributed by atoms with Crippen LogP contribution in [0.15, 0.2) is 105 Å². The Bertz CT molecular complexity index is 1010. The summed E-state index contributed by atoms with van der Waals surface area (Å²) in [7, 11) is -0.328. The molecular weight excluding hydrogens is 403 g/mol. The van der Waals surface area contributed by atoms with Gasteiger partial charge in [0.05, 0.1) is 10.9 Å². The third-order valence-electron chi connectivity index (χ3n) is 6.25. The van der Waals surface area contributed by atoms with Gasteiger partial charge < -0.3 is 4.74 Å². The van der Waals surface area contributed by atoms with Crippen LogP contribution in [0, 0.1) is 5.82 Å². The van der Waals surface area contributed by atoms with Crippen molar-refractivity contribution in [3.05, 3.63) is 95.8 Å². The number of allylic oxidation sites excluding steroid dienone is 1. The summed E-state index contributed by atoms with van der Waals surface area (Å²) in [4.78, 5) is 3.49. The molecule has 0 amide bonds. The molecule has 1 aliphatic rings. The zero-order valence-corrected chi connectivity index (χ0v) is 19.3. The summed E-state index contributed by atoms with van der Waals surface area (Å²) < 4.78 is 21.5. The first-order valence-electron chi connectivity index (χ1n) is 11.0. The lowest BCUT2D eigenvalue weighted by Crippen LogP contribution is -2.35. The van der Waals surface area contributed by atoms with Crippen LogP contribution in [0.2, 0.25) is 0 Å². The minimum Gasteiger partial charge on any atom is -0.480 e. The Kier molecular flexibility index (Phi) is 6.52. The van der Waals surface area contributed by atoms with Gasteiger partial charge in [0, 0.05) is 6.07 Å². The highest BCUT2D eigenvalue weighted by Crippen LogP contribution is 2.42. The first-order valence-corrected chi connectivity index (χ1v) is 12.2. The fraction of sp³-hybridized carbons (Fsp3) is 0.286. The van der Waals surface area contributed by atoms with Crippen molar-refractivity contribution in [2.24, 2.45) is 0 Å². The fourth-order valence-electron chi connectivity index (χ4n) is 4.38. The van der Waals surface area contributed by atoms with Crippen molar-refractivity contribution in [2.75, 3.05) is 0 Å². The first kappa shape index (κ1) is 21.7. The summed E-state index contributed by atoms with van der Waals surface area (Å²) in [5.41, 5.74) is 2.10. The lowest BCUT2D eigenvalue weighted by molar-refractivity contribution is 0.107. The Labute approximate surface area is 188 Å². The van der Waals surface area contributed by atoms with E-state index in [1.165, 1.54) is 20.9 Å². The van der Waals surface area contributed by atoms with Crippen molar-refractivity contribution in [3.63, 3.8) is 0 Å². The second kappa shape index (κ2) is 9.32. The summed E-state index contributed by atoms with van der Waals surface area (Å²) >= 11 is 0. The summed E-state index contributed by atoms with van der Waals surface area (Å²) in [6.07, 6.45) is 4.11. The van der Waals surface area contributed by atoms with E-state index in [0.717, 1.165) is 30.6 Å². The van der Waals surface area contributed by atoms with Gasteiger partial charge in [0.25, 0.3) is 0 Å². The number of hydrogen-bond donors (Lipinski definition) is 0. The molecule has 0 spiro atoms. The van der Waals surface area contributed by atoms with Crippen LogP contribution in [0.3, 0.4) is 0 Å². The van der Waals surface area contributed by atoms with E-state index in [-0.39, 0.29) is 16.7 Å². The van der Waals surface area contributed by atoms with Crippen molar-refractivity contribution in [1.82, 2.24) is 0 Å². The lowest BCUT2D eigenvalue weighted by Gasteiger charge is -2.32. The van der Waals surface area contributed by atoms with Gasteiger partial charge in [-0.25, -0.2) is 4.39 Å². The fourth-order valence-corrected chi connectivity index (χ4v) is 6.48. The van der Waals surface area contributed by atoms with Gasteiger partial charge in [0.15, 0.2) is 26.3 Å². The van der Waals surface area contributed by atoms with Crippen LogP contribution in [0.1, 0.15) is 46.5 Å². The highest BCUT2D eigenvalue weighted by atomic mass is 32.2. The van der Waals surface area contributed by atoms with Gasteiger partial charge in [-0.15, -0.1) is 0 Å². The van der Waals surface area contributed by atoms with Gasteiger partial charge in [-0.3, -0.25) is 0 Å². The van der Waals surface area contributed by atoms with Gasteiger partial charge in [-0.2, -0.15) is 0 Å². The van der Waals surface area contributed by atoms with Gasteiger partial charge in [0.2, 0.25) is 0 Å². The van der Waals surface area contributed by atoms with Crippen LogP contribution in [0.25, 0.3) is 0 Å². The monoisotopic (exact) mass is 433 g/mol. The molecule has 1 nitrogen and oxygen atoms in total. The van der Waals surface area contributed by atoms with Gasteiger partial charge in [0.1, 0.15) is 5.60 Å². The predicted octanol–water partition coefficient (Wildman–Crippen LogP) is 7.97. The molecule has 3 aromatic carbocycles. The minimum absolute atomic E-state index is 0.291. The molecule has 3 heteroatoms. The number of halogens is 1. The topological polar surface area (TPSA) is 9.23 Å². The molecule has 0 aliphatic heterocycles. The Hall–Kier alpha value is -2.52. The maximum atomic E-state index is 15.0. The highest BCUT2D eigenvalue weighted by molar-refractivity contribution is 7.97. The summed E-state index contributed by atoms with van der Waals surface area (Å²) in [5, 5.41) is 0. The second-order valence-electron chi connectivity index (χ2n) is 8.45. The maximum Gasteiger partial charge on any atom is 0.170 e. The van der Waals surface area contributed by atoms with E-state index < -0.39 is 5.60 Å². The summed E-state index contributed by atoms with van der Waals surface area (Å²) in [6, 6.07) is 26.3. The highest BCUT2D eigenvalue weighted by Gasteiger charge is 2.39. The number of hydrogen-bond acceptors (Lipinski definition) is 1. The van der Waals surface area contributed by atoms with Crippen molar-refractivity contribution >= 4 is 10.9 Å². The van der Waals surface area contributed by atoms with Crippen LogP contribution < -0.4 is 4.74 Å². The van der Waals surface area contributed by atoms with E-state index in [4.69, 9.17) is 4.74 Å². The molecule has 1 saturated carbocycles. The molecule has 31 heavy (non-hydrogen) atoms. The molecule has 0 aromatic heterocycles. The molecule has 1 fully saturated rings. The predicted molar refractivity (Wildman–Crippen MR) is 127 cm³/mol. The molecule has 0 N–H and O–H groups in total. The molecule has 0 heterocycles. The number of benzene rings is 3. The van der Waals surface area contributed by atoms with Gasteiger partial charge in [-0.1, -0.05) is 42.0 Å². The molecule has 4 rings (SSSR count). The SMILES string of the molecule is CC(C)=C(C)C1(Oc2cc([S+](c3ccccc3)c3ccccc3)ccc2F)CCCC1. The minimum atomic E-state index is -0.392. The van der Waals surface area contributed by atoms with Crippen LogP contribution in [-0.2, 0) is 10.9 Å². The Morgan fingerprint density at radius 1 is 0.774 bits per heavy atom. The maximum absolute atomic E-state index is 15.0. The molecule has 3 aromatic rings.